The van der Waals surface area contributed by atoms with Crippen LogP contribution in [0, 0.1) is 12.8 Å². The van der Waals surface area contributed by atoms with E-state index in [4.69, 9.17) is 0 Å². The highest BCUT2D eigenvalue weighted by Gasteiger charge is 2.33. The van der Waals surface area contributed by atoms with Gasteiger partial charge >= 0.3 is 0 Å². The lowest BCUT2D eigenvalue weighted by Crippen LogP contribution is -2.36. The molecule has 1 aromatic heterocycles. The van der Waals surface area contributed by atoms with Crippen molar-refractivity contribution in [2.24, 2.45) is 5.92 Å². The van der Waals surface area contributed by atoms with Gasteiger partial charge in [0, 0.05) is 10.9 Å². The van der Waals surface area contributed by atoms with Crippen molar-refractivity contribution in [1.29, 1.82) is 0 Å². The lowest BCUT2D eigenvalue weighted by atomic mass is 9.72. The molecule has 0 aromatic carbocycles. The number of aryl methyl sites for hydroxylation is 1. The molecule has 0 saturated heterocycles. The third-order valence-electron chi connectivity index (χ3n) is 3.44. The zero-order chi connectivity index (χ0) is 10.8. The minimum Gasteiger partial charge on any atom is -0.314 e. The quantitative estimate of drug-likeness (QED) is 0.823. The van der Waals surface area contributed by atoms with Gasteiger partial charge in [0.25, 0.3) is 0 Å². The van der Waals surface area contributed by atoms with Crippen LogP contribution in [0.25, 0.3) is 0 Å². The van der Waals surface area contributed by atoms with Crippen molar-refractivity contribution in [3.8, 4) is 0 Å². The lowest BCUT2D eigenvalue weighted by Gasteiger charge is -2.37. The fraction of sp³-hybridized carbons (Fsp3) is 0.692. The fourth-order valence-electron chi connectivity index (χ4n) is 2.31. The molecule has 2 atom stereocenters. The summed E-state index contributed by atoms with van der Waals surface area (Å²) >= 11 is 1.94. The van der Waals surface area contributed by atoms with Gasteiger partial charge in [-0.3, -0.25) is 0 Å². The summed E-state index contributed by atoms with van der Waals surface area (Å²) in [6.45, 7) is 7.89. The van der Waals surface area contributed by atoms with Crippen molar-refractivity contribution in [1.82, 2.24) is 5.32 Å². The summed E-state index contributed by atoms with van der Waals surface area (Å²) in [6, 6.07) is 2.88. The molecule has 1 aromatic rings. The van der Waals surface area contributed by atoms with Crippen LogP contribution >= 0.6 is 11.3 Å². The molecule has 0 bridgehead atoms. The van der Waals surface area contributed by atoms with Crippen molar-refractivity contribution < 1.29 is 0 Å². The SMILES string of the molecule is Cc1ccsc1C1CCC1CNC(C)C. The van der Waals surface area contributed by atoms with Crippen molar-refractivity contribution in [3.63, 3.8) is 0 Å². The van der Waals surface area contributed by atoms with E-state index in [0.717, 1.165) is 11.8 Å². The first-order valence-corrected chi connectivity index (χ1v) is 6.84. The summed E-state index contributed by atoms with van der Waals surface area (Å²) in [5.41, 5.74) is 1.50. The van der Waals surface area contributed by atoms with Crippen LogP contribution in [0.4, 0.5) is 0 Å². The Morgan fingerprint density at radius 1 is 1.47 bits per heavy atom. The van der Waals surface area contributed by atoms with E-state index in [1.165, 1.54) is 24.9 Å². The molecule has 1 heterocycles. The maximum atomic E-state index is 3.56. The van der Waals surface area contributed by atoms with E-state index in [0.29, 0.717) is 6.04 Å². The highest BCUT2D eigenvalue weighted by Crippen LogP contribution is 2.45. The summed E-state index contributed by atoms with van der Waals surface area (Å²) in [6.07, 6.45) is 2.80. The molecular weight excluding hydrogens is 202 g/mol. The second-order valence-electron chi connectivity index (χ2n) is 4.97. The molecule has 0 aliphatic heterocycles. The van der Waals surface area contributed by atoms with Crippen LogP contribution in [-0.2, 0) is 0 Å². The fourth-order valence-corrected chi connectivity index (χ4v) is 3.47. The van der Waals surface area contributed by atoms with Gasteiger partial charge in [-0.05, 0) is 55.2 Å². The number of rotatable bonds is 4. The Morgan fingerprint density at radius 2 is 2.27 bits per heavy atom. The standard InChI is InChI=1S/C13H21NS/c1-9(2)14-8-11-4-5-12(11)13-10(3)6-7-15-13/h6-7,9,11-12,14H,4-5,8H2,1-3H3. The summed E-state index contributed by atoms with van der Waals surface area (Å²) in [5, 5.41) is 5.80. The molecule has 0 amide bonds. The third kappa shape index (κ3) is 2.43. The topological polar surface area (TPSA) is 12.0 Å². The Kier molecular flexibility index (Phi) is 3.47. The Labute approximate surface area is 96.9 Å². The molecule has 2 heteroatoms. The summed E-state index contributed by atoms with van der Waals surface area (Å²) < 4.78 is 0. The average molecular weight is 223 g/mol. The van der Waals surface area contributed by atoms with Gasteiger partial charge in [-0.2, -0.15) is 0 Å². The average Bonchev–Trinajstić information content (AvgIpc) is 2.50. The highest BCUT2D eigenvalue weighted by molar-refractivity contribution is 7.10. The third-order valence-corrected chi connectivity index (χ3v) is 4.60. The van der Waals surface area contributed by atoms with E-state index >= 15 is 0 Å². The van der Waals surface area contributed by atoms with E-state index in [1.807, 2.05) is 11.3 Å². The Morgan fingerprint density at radius 3 is 2.73 bits per heavy atom. The van der Waals surface area contributed by atoms with Gasteiger partial charge in [0.1, 0.15) is 0 Å². The Balaban J connectivity index is 1.92. The predicted octanol–water partition coefficient (Wildman–Crippen LogP) is 3.55. The van der Waals surface area contributed by atoms with Gasteiger partial charge < -0.3 is 5.32 Å². The minimum atomic E-state index is 0.621. The van der Waals surface area contributed by atoms with Gasteiger partial charge in [-0.1, -0.05) is 13.8 Å². The molecule has 0 radical (unpaired) electrons. The van der Waals surface area contributed by atoms with Gasteiger partial charge in [-0.15, -0.1) is 11.3 Å². The first kappa shape index (κ1) is 11.2. The molecule has 2 rings (SSSR count). The first-order chi connectivity index (χ1) is 7.18. The van der Waals surface area contributed by atoms with E-state index < -0.39 is 0 Å². The Bertz CT molecular complexity index is 316. The van der Waals surface area contributed by atoms with Gasteiger partial charge in [0.2, 0.25) is 0 Å². The second-order valence-corrected chi connectivity index (χ2v) is 5.92. The van der Waals surface area contributed by atoms with Crippen LogP contribution in [0.5, 0.6) is 0 Å². The van der Waals surface area contributed by atoms with E-state index in [-0.39, 0.29) is 0 Å². The summed E-state index contributed by atoms with van der Waals surface area (Å²) in [5.74, 6) is 1.72. The van der Waals surface area contributed by atoms with Crippen molar-refractivity contribution in [2.75, 3.05) is 6.54 Å². The monoisotopic (exact) mass is 223 g/mol. The first-order valence-electron chi connectivity index (χ1n) is 5.96. The second kappa shape index (κ2) is 4.67. The molecule has 1 N–H and O–H groups in total. The van der Waals surface area contributed by atoms with E-state index in [9.17, 15) is 0 Å². The molecule has 1 aliphatic carbocycles. The molecule has 15 heavy (non-hydrogen) atoms. The van der Waals surface area contributed by atoms with Crippen molar-refractivity contribution in [3.05, 3.63) is 21.9 Å². The zero-order valence-corrected chi connectivity index (χ0v) is 10.7. The van der Waals surface area contributed by atoms with Gasteiger partial charge in [0.15, 0.2) is 0 Å². The van der Waals surface area contributed by atoms with Crippen molar-refractivity contribution in [2.45, 2.75) is 45.6 Å². The molecule has 84 valence electrons. The van der Waals surface area contributed by atoms with Crippen LogP contribution in [0.15, 0.2) is 11.4 Å². The maximum Gasteiger partial charge on any atom is 0.0109 e. The summed E-state index contributed by atoms with van der Waals surface area (Å²) in [4.78, 5) is 1.64. The largest absolute Gasteiger partial charge is 0.314 e. The van der Waals surface area contributed by atoms with Crippen LogP contribution < -0.4 is 5.32 Å². The number of hydrogen-bond donors (Lipinski definition) is 1. The molecule has 1 nitrogen and oxygen atoms in total. The number of thiophene rings is 1. The highest BCUT2D eigenvalue weighted by atomic mass is 32.1. The van der Waals surface area contributed by atoms with Crippen LogP contribution in [-0.4, -0.2) is 12.6 Å². The zero-order valence-electron chi connectivity index (χ0n) is 9.92. The maximum absolute atomic E-state index is 3.56. The number of hydrogen-bond acceptors (Lipinski definition) is 2. The normalized spacial score (nSPS) is 25.6. The van der Waals surface area contributed by atoms with Crippen LogP contribution in [0.1, 0.15) is 43.0 Å². The lowest BCUT2D eigenvalue weighted by molar-refractivity contribution is 0.243. The van der Waals surface area contributed by atoms with Gasteiger partial charge in [-0.25, -0.2) is 0 Å². The van der Waals surface area contributed by atoms with E-state index in [1.54, 1.807) is 4.88 Å². The molecule has 1 fully saturated rings. The summed E-state index contributed by atoms with van der Waals surface area (Å²) in [7, 11) is 0. The molecular formula is C13H21NS. The van der Waals surface area contributed by atoms with Gasteiger partial charge in [0.05, 0.1) is 0 Å². The molecule has 2 unspecified atom stereocenters. The molecule has 1 aliphatic rings. The van der Waals surface area contributed by atoms with E-state index in [2.05, 4.69) is 37.5 Å². The Hall–Kier alpha value is -0.340. The van der Waals surface area contributed by atoms with Crippen LogP contribution in [0.3, 0.4) is 0 Å². The van der Waals surface area contributed by atoms with Crippen molar-refractivity contribution >= 4 is 11.3 Å². The van der Waals surface area contributed by atoms with Crippen LogP contribution in [0.2, 0.25) is 0 Å². The smallest absolute Gasteiger partial charge is 0.0109 e. The molecule has 0 spiro atoms. The number of nitrogens with one attached hydrogen (secondary N) is 1. The predicted molar refractivity (Wildman–Crippen MR) is 67.7 cm³/mol. The minimum absolute atomic E-state index is 0.621. The molecule has 1 saturated carbocycles.